The Labute approximate surface area is 116 Å². The van der Waals surface area contributed by atoms with E-state index in [4.69, 9.17) is 26.9 Å². The lowest BCUT2D eigenvalue weighted by atomic mass is 10.2. The fourth-order valence-corrected chi connectivity index (χ4v) is 1.82. The molecule has 0 saturated heterocycles. The molecule has 1 aliphatic carbocycles. The van der Waals surface area contributed by atoms with Crippen molar-refractivity contribution in [2.24, 2.45) is 10.8 Å². The number of hydrogen-bond donors (Lipinski definition) is 3. The Hall–Kier alpha value is -1.66. The Morgan fingerprint density at radius 2 is 2.00 bits per heavy atom. The summed E-state index contributed by atoms with van der Waals surface area (Å²) in [5.41, 5.74) is 3.20. The van der Waals surface area contributed by atoms with Crippen LogP contribution < -0.4 is 26.1 Å². The van der Waals surface area contributed by atoms with Crippen LogP contribution in [0.1, 0.15) is 12.8 Å². The number of hydrazine groups is 1. The van der Waals surface area contributed by atoms with Crippen molar-refractivity contribution in [1.29, 1.82) is 0 Å². The number of halogens is 1. The number of nitrogens with one attached hydrogen (secondary N) is 2. The van der Waals surface area contributed by atoms with Crippen molar-refractivity contribution in [3.8, 4) is 11.5 Å². The first-order valence-corrected chi connectivity index (χ1v) is 6.28. The summed E-state index contributed by atoms with van der Waals surface area (Å²) >= 11 is 6.09. The Kier molecular flexibility index (Phi) is 4.34. The maximum Gasteiger partial charge on any atom is 0.210 e. The number of benzene rings is 1. The summed E-state index contributed by atoms with van der Waals surface area (Å²) in [5.74, 6) is 7.07. The molecule has 4 N–H and O–H groups in total. The Balaban J connectivity index is 2.25. The predicted molar refractivity (Wildman–Crippen MR) is 76.0 cm³/mol. The standard InChI is InChI=1S/C12H17ClN4O2/c1-18-10-6-11(19-2)9(5-8(10)13)16-12(17-14)15-7-3-4-7/h5-7H,3-4,14H2,1-2H3,(H2,15,16,17). The number of ether oxygens (including phenoxy) is 2. The van der Waals surface area contributed by atoms with Gasteiger partial charge in [-0.25, -0.2) is 10.8 Å². The molecule has 1 aliphatic rings. The largest absolute Gasteiger partial charge is 0.495 e. The van der Waals surface area contributed by atoms with Crippen LogP contribution in [0.25, 0.3) is 0 Å². The van der Waals surface area contributed by atoms with Gasteiger partial charge in [0, 0.05) is 6.07 Å². The molecule has 1 saturated carbocycles. The Bertz CT molecular complexity index is 489. The van der Waals surface area contributed by atoms with Crippen LogP contribution in [0.15, 0.2) is 17.1 Å². The van der Waals surface area contributed by atoms with Gasteiger partial charge in [-0.15, -0.1) is 0 Å². The van der Waals surface area contributed by atoms with Crippen LogP contribution >= 0.6 is 11.6 Å². The number of rotatable bonds is 4. The minimum absolute atomic E-state index is 0.346. The highest BCUT2D eigenvalue weighted by Gasteiger charge is 2.21. The molecule has 7 heteroatoms. The van der Waals surface area contributed by atoms with Crippen LogP contribution in [-0.4, -0.2) is 26.2 Å². The van der Waals surface area contributed by atoms with Gasteiger partial charge in [-0.1, -0.05) is 11.6 Å². The third-order valence-corrected chi connectivity index (χ3v) is 3.02. The van der Waals surface area contributed by atoms with Crippen LogP contribution in [0, 0.1) is 0 Å². The fourth-order valence-electron chi connectivity index (χ4n) is 1.58. The second-order valence-corrected chi connectivity index (χ2v) is 4.57. The first-order chi connectivity index (χ1) is 9.17. The number of methoxy groups -OCH3 is 2. The quantitative estimate of drug-likeness (QED) is 0.340. The summed E-state index contributed by atoms with van der Waals surface area (Å²) in [5, 5.41) is 3.54. The van der Waals surface area contributed by atoms with Gasteiger partial charge in [0.1, 0.15) is 11.5 Å². The number of hydrogen-bond acceptors (Lipinski definition) is 4. The summed E-state index contributed by atoms with van der Waals surface area (Å²) in [6.07, 6.45) is 2.18. The number of guanidine groups is 1. The Morgan fingerprint density at radius 1 is 1.32 bits per heavy atom. The highest BCUT2D eigenvalue weighted by Crippen LogP contribution is 2.36. The van der Waals surface area contributed by atoms with E-state index in [2.05, 4.69) is 15.7 Å². The maximum atomic E-state index is 6.09. The number of nitrogens with zero attached hydrogens (tertiary/aromatic N) is 1. The molecular formula is C12H17ClN4O2. The van der Waals surface area contributed by atoms with E-state index in [1.807, 2.05) is 0 Å². The lowest BCUT2D eigenvalue weighted by Crippen LogP contribution is -2.36. The highest BCUT2D eigenvalue weighted by atomic mass is 35.5. The molecule has 0 unspecified atom stereocenters. The SMILES string of the molecule is COc1cc(OC)c(NC(=NC2CC2)NN)cc1Cl. The molecule has 1 fully saturated rings. The average molecular weight is 285 g/mol. The average Bonchev–Trinajstić information content (AvgIpc) is 3.22. The Morgan fingerprint density at radius 3 is 2.53 bits per heavy atom. The molecule has 0 aliphatic heterocycles. The molecular weight excluding hydrogens is 268 g/mol. The summed E-state index contributed by atoms with van der Waals surface area (Å²) < 4.78 is 10.4. The normalized spacial score (nSPS) is 15.1. The second kappa shape index (κ2) is 5.99. The smallest absolute Gasteiger partial charge is 0.210 e. The molecule has 0 bridgehead atoms. The van der Waals surface area contributed by atoms with Crippen molar-refractivity contribution >= 4 is 23.2 Å². The molecule has 104 valence electrons. The number of nitrogens with two attached hydrogens (primary N) is 1. The van der Waals surface area contributed by atoms with Crippen LogP contribution in [0.3, 0.4) is 0 Å². The molecule has 1 aromatic carbocycles. The molecule has 0 spiro atoms. The van der Waals surface area contributed by atoms with Crippen molar-refractivity contribution in [3.05, 3.63) is 17.2 Å². The molecule has 0 amide bonds. The molecule has 0 aromatic heterocycles. The number of anilines is 1. The van der Waals surface area contributed by atoms with Gasteiger partial charge < -0.3 is 14.8 Å². The van der Waals surface area contributed by atoms with Gasteiger partial charge in [-0.3, -0.25) is 5.43 Å². The highest BCUT2D eigenvalue weighted by molar-refractivity contribution is 6.32. The predicted octanol–water partition coefficient (Wildman–Crippen LogP) is 1.75. The summed E-state index contributed by atoms with van der Waals surface area (Å²) in [4.78, 5) is 4.39. The molecule has 6 nitrogen and oxygen atoms in total. The topological polar surface area (TPSA) is 80.9 Å². The zero-order chi connectivity index (χ0) is 13.8. The van der Waals surface area contributed by atoms with Crippen molar-refractivity contribution in [1.82, 2.24) is 5.43 Å². The third-order valence-electron chi connectivity index (χ3n) is 2.72. The zero-order valence-electron chi connectivity index (χ0n) is 10.9. The van der Waals surface area contributed by atoms with Gasteiger partial charge >= 0.3 is 0 Å². The van der Waals surface area contributed by atoms with Crippen molar-refractivity contribution in [2.75, 3.05) is 19.5 Å². The monoisotopic (exact) mass is 284 g/mol. The molecule has 0 radical (unpaired) electrons. The van der Waals surface area contributed by atoms with Gasteiger partial charge in [0.15, 0.2) is 0 Å². The molecule has 19 heavy (non-hydrogen) atoms. The van der Waals surface area contributed by atoms with Crippen molar-refractivity contribution in [3.63, 3.8) is 0 Å². The zero-order valence-corrected chi connectivity index (χ0v) is 11.6. The minimum atomic E-state index is 0.346. The molecule has 1 aromatic rings. The van der Waals surface area contributed by atoms with E-state index in [9.17, 15) is 0 Å². The summed E-state index contributed by atoms with van der Waals surface area (Å²) in [6.45, 7) is 0. The fraction of sp³-hybridized carbons (Fsp3) is 0.417. The van der Waals surface area contributed by atoms with Crippen LogP contribution in [0.5, 0.6) is 11.5 Å². The van der Waals surface area contributed by atoms with Gasteiger partial charge in [0.05, 0.1) is 31.0 Å². The van der Waals surface area contributed by atoms with E-state index in [-0.39, 0.29) is 0 Å². The van der Waals surface area contributed by atoms with Crippen LogP contribution in [0.4, 0.5) is 5.69 Å². The van der Waals surface area contributed by atoms with E-state index in [0.29, 0.717) is 34.2 Å². The van der Waals surface area contributed by atoms with Crippen LogP contribution in [-0.2, 0) is 0 Å². The van der Waals surface area contributed by atoms with Crippen LogP contribution in [0.2, 0.25) is 5.02 Å². The molecule has 0 heterocycles. The second-order valence-electron chi connectivity index (χ2n) is 4.17. The third kappa shape index (κ3) is 3.42. The lowest BCUT2D eigenvalue weighted by molar-refractivity contribution is 0.396. The van der Waals surface area contributed by atoms with E-state index in [1.54, 1.807) is 26.4 Å². The van der Waals surface area contributed by atoms with E-state index in [1.165, 1.54) is 0 Å². The van der Waals surface area contributed by atoms with E-state index >= 15 is 0 Å². The maximum absolute atomic E-state index is 6.09. The van der Waals surface area contributed by atoms with Gasteiger partial charge in [-0.2, -0.15) is 0 Å². The first kappa shape index (κ1) is 13.8. The summed E-state index contributed by atoms with van der Waals surface area (Å²) in [6, 6.07) is 3.76. The van der Waals surface area contributed by atoms with E-state index < -0.39 is 0 Å². The number of aliphatic imine (C=N–C) groups is 1. The van der Waals surface area contributed by atoms with Crippen molar-refractivity contribution < 1.29 is 9.47 Å². The van der Waals surface area contributed by atoms with Gasteiger partial charge in [0.2, 0.25) is 5.96 Å². The summed E-state index contributed by atoms with van der Waals surface area (Å²) in [7, 11) is 3.12. The minimum Gasteiger partial charge on any atom is -0.495 e. The van der Waals surface area contributed by atoms with Crippen molar-refractivity contribution in [2.45, 2.75) is 18.9 Å². The van der Waals surface area contributed by atoms with Gasteiger partial charge in [0.25, 0.3) is 0 Å². The molecule has 2 rings (SSSR count). The molecule has 0 atom stereocenters. The van der Waals surface area contributed by atoms with E-state index in [0.717, 1.165) is 12.8 Å². The lowest BCUT2D eigenvalue weighted by Gasteiger charge is -2.14. The van der Waals surface area contributed by atoms with Gasteiger partial charge in [-0.05, 0) is 18.9 Å². The first-order valence-electron chi connectivity index (χ1n) is 5.91.